The molecule has 1 aliphatic carbocycles. The second-order valence-electron chi connectivity index (χ2n) is 11.2. The molecule has 0 saturated heterocycles. The molecule has 3 amide bonds. The van der Waals surface area contributed by atoms with Gasteiger partial charge in [0.2, 0.25) is 5.91 Å². The van der Waals surface area contributed by atoms with Gasteiger partial charge in [0.25, 0.3) is 11.8 Å². The predicted octanol–water partition coefficient (Wildman–Crippen LogP) is 6.62. The van der Waals surface area contributed by atoms with Crippen LogP contribution in [-0.4, -0.2) is 49.3 Å². The smallest absolute Gasteiger partial charge is 0.272 e. The van der Waals surface area contributed by atoms with Crippen LogP contribution in [0, 0.1) is 0 Å². The number of thioether (sulfide) groups is 1. The summed E-state index contributed by atoms with van der Waals surface area (Å²) in [6, 6.07) is 31.9. The van der Waals surface area contributed by atoms with Crippen molar-refractivity contribution in [3.63, 3.8) is 0 Å². The van der Waals surface area contributed by atoms with E-state index in [2.05, 4.69) is 16.0 Å². The summed E-state index contributed by atoms with van der Waals surface area (Å²) >= 11 is 1.22. The fraction of sp³-hybridized carbons (Fsp3) is 0.0750. The number of amides is 3. The number of ether oxygens (including phenoxy) is 2. The molecule has 0 fully saturated rings. The quantitative estimate of drug-likeness (QED) is 0.101. The number of methoxy groups -OCH3 is 2. The molecule has 0 spiro atoms. The average Bonchev–Trinajstić information content (AvgIpc) is 3.16. The largest absolute Gasteiger partial charge is 0.497 e. The van der Waals surface area contributed by atoms with Crippen molar-refractivity contribution in [2.45, 2.75) is 4.90 Å². The van der Waals surface area contributed by atoms with Crippen molar-refractivity contribution in [3.05, 3.63) is 154 Å². The van der Waals surface area contributed by atoms with Gasteiger partial charge in [-0.05, 0) is 54.6 Å². The lowest BCUT2D eigenvalue weighted by atomic mass is 9.83. The molecule has 0 aromatic heterocycles. The molecule has 6 rings (SSSR count). The van der Waals surface area contributed by atoms with E-state index in [4.69, 9.17) is 9.47 Å². The van der Waals surface area contributed by atoms with Crippen LogP contribution in [0.25, 0.3) is 6.08 Å². The van der Waals surface area contributed by atoms with Crippen molar-refractivity contribution in [3.8, 4) is 11.5 Å². The van der Waals surface area contributed by atoms with E-state index < -0.39 is 11.8 Å². The van der Waals surface area contributed by atoms with E-state index in [9.17, 15) is 24.0 Å². The van der Waals surface area contributed by atoms with Crippen LogP contribution in [0.15, 0.2) is 126 Å². The minimum atomic E-state index is -0.591. The van der Waals surface area contributed by atoms with Gasteiger partial charge < -0.3 is 25.4 Å². The van der Waals surface area contributed by atoms with E-state index in [1.807, 2.05) is 0 Å². The van der Waals surface area contributed by atoms with Crippen LogP contribution >= 0.6 is 11.8 Å². The highest BCUT2D eigenvalue weighted by atomic mass is 32.2. The molecule has 51 heavy (non-hydrogen) atoms. The molecule has 10 nitrogen and oxygen atoms in total. The first-order valence-corrected chi connectivity index (χ1v) is 16.7. The Bertz CT molecular complexity index is 2220. The van der Waals surface area contributed by atoms with E-state index >= 15 is 0 Å². The highest BCUT2D eigenvalue weighted by molar-refractivity contribution is 8.00. The Balaban J connectivity index is 1.16. The van der Waals surface area contributed by atoms with Crippen LogP contribution in [0.4, 0.5) is 11.4 Å². The zero-order valence-electron chi connectivity index (χ0n) is 27.5. The van der Waals surface area contributed by atoms with Crippen molar-refractivity contribution in [1.82, 2.24) is 5.32 Å². The van der Waals surface area contributed by atoms with Crippen molar-refractivity contribution in [2.75, 3.05) is 30.6 Å². The maximum Gasteiger partial charge on any atom is 0.272 e. The van der Waals surface area contributed by atoms with E-state index in [1.165, 1.54) is 32.1 Å². The molecular weight excluding hydrogens is 667 g/mol. The lowest BCUT2D eigenvalue weighted by Gasteiger charge is -2.20. The van der Waals surface area contributed by atoms with E-state index in [0.29, 0.717) is 44.3 Å². The SMILES string of the molecule is COc1ccc(/C=C(/NC(=O)c2ccccc2)C(=O)Nc2cccc(SCC(=O)Nc3cccc4c3C(=O)c3ccccc3C4=O)c2)c(OC)c1. The Morgan fingerprint density at radius 1 is 0.706 bits per heavy atom. The minimum absolute atomic E-state index is 0.0185. The Morgan fingerprint density at radius 2 is 1.41 bits per heavy atom. The number of carbonyl (C=O) groups excluding carboxylic acids is 5. The molecule has 3 N–H and O–H groups in total. The van der Waals surface area contributed by atoms with Crippen molar-refractivity contribution < 1.29 is 33.4 Å². The topological polar surface area (TPSA) is 140 Å². The highest BCUT2D eigenvalue weighted by Crippen LogP contribution is 2.32. The predicted molar refractivity (Wildman–Crippen MR) is 196 cm³/mol. The molecule has 0 bridgehead atoms. The van der Waals surface area contributed by atoms with Crippen LogP contribution in [0.3, 0.4) is 0 Å². The van der Waals surface area contributed by atoms with Crippen LogP contribution < -0.4 is 25.4 Å². The minimum Gasteiger partial charge on any atom is -0.497 e. The first kappa shape index (κ1) is 34.4. The molecule has 5 aromatic rings. The number of benzene rings is 5. The molecule has 0 aliphatic heterocycles. The fourth-order valence-corrected chi connectivity index (χ4v) is 6.24. The van der Waals surface area contributed by atoms with Gasteiger partial charge in [0.1, 0.15) is 17.2 Å². The summed E-state index contributed by atoms with van der Waals surface area (Å²) in [5.74, 6) is -1.08. The number of ketones is 2. The van der Waals surface area contributed by atoms with Gasteiger partial charge in [-0.3, -0.25) is 24.0 Å². The van der Waals surface area contributed by atoms with Gasteiger partial charge in [-0.1, -0.05) is 60.7 Å². The second kappa shape index (κ2) is 15.4. The van der Waals surface area contributed by atoms with Crippen molar-refractivity contribution in [2.24, 2.45) is 0 Å². The van der Waals surface area contributed by atoms with Gasteiger partial charge >= 0.3 is 0 Å². The van der Waals surface area contributed by atoms with Crippen molar-refractivity contribution in [1.29, 1.82) is 0 Å². The van der Waals surface area contributed by atoms with Gasteiger partial charge in [0.15, 0.2) is 11.6 Å². The number of hydrogen-bond acceptors (Lipinski definition) is 8. The van der Waals surface area contributed by atoms with Gasteiger partial charge in [-0.2, -0.15) is 0 Å². The number of anilines is 2. The molecular formula is C40H31N3O7S. The molecule has 0 radical (unpaired) electrons. The zero-order chi connectivity index (χ0) is 35.9. The number of hydrogen-bond donors (Lipinski definition) is 3. The molecule has 0 unspecified atom stereocenters. The number of nitrogens with one attached hydrogen (secondary N) is 3. The van der Waals surface area contributed by atoms with Crippen LogP contribution in [0.1, 0.15) is 47.8 Å². The van der Waals surface area contributed by atoms with Gasteiger partial charge in [-0.15, -0.1) is 11.8 Å². The Labute approximate surface area is 297 Å². The summed E-state index contributed by atoms with van der Waals surface area (Å²) in [6.07, 6.45) is 1.51. The third kappa shape index (κ3) is 7.74. The molecule has 254 valence electrons. The molecule has 0 saturated carbocycles. The first-order valence-electron chi connectivity index (χ1n) is 15.7. The highest BCUT2D eigenvalue weighted by Gasteiger charge is 2.31. The normalized spacial score (nSPS) is 11.9. The lowest BCUT2D eigenvalue weighted by Crippen LogP contribution is -2.30. The number of rotatable bonds is 11. The van der Waals surface area contributed by atoms with Gasteiger partial charge in [0.05, 0.1) is 31.2 Å². The van der Waals surface area contributed by atoms with Crippen molar-refractivity contribution >= 4 is 58.5 Å². The molecule has 0 atom stereocenters. The average molecular weight is 698 g/mol. The maximum atomic E-state index is 13.6. The molecule has 5 aromatic carbocycles. The maximum absolute atomic E-state index is 13.6. The lowest BCUT2D eigenvalue weighted by molar-refractivity contribution is -0.114. The monoisotopic (exact) mass is 697 g/mol. The van der Waals surface area contributed by atoms with Crippen LogP contribution in [0.5, 0.6) is 11.5 Å². The van der Waals surface area contributed by atoms with Gasteiger partial charge in [-0.25, -0.2) is 0 Å². The third-order valence-corrected chi connectivity index (χ3v) is 8.95. The zero-order valence-corrected chi connectivity index (χ0v) is 28.3. The molecule has 1 aliphatic rings. The summed E-state index contributed by atoms with van der Waals surface area (Å²) in [6.45, 7) is 0. The Morgan fingerprint density at radius 3 is 2.16 bits per heavy atom. The Hall–Kier alpha value is -6.46. The van der Waals surface area contributed by atoms with E-state index in [-0.39, 0.29) is 45.7 Å². The van der Waals surface area contributed by atoms with Gasteiger partial charge in [0, 0.05) is 44.5 Å². The fourth-order valence-electron chi connectivity index (χ4n) is 5.48. The molecule has 11 heteroatoms. The third-order valence-electron chi connectivity index (χ3n) is 7.96. The summed E-state index contributed by atoms with van der Waals surface area (Å²) in [4.78, 5) is 66.9. The second-order valence-corrected chi connectivity index (χ2v) is 12.3. The number of carbonyl (C=O) groups is 5. The number of fused-ring (bicyclic) bond motifs is 2. The standard InChI is InChI=1S/C40H31N3O7S/c1-49-27-19-18-25(34(22-27)50-2)20-33(43-39(47)24-10-4-3-5-11-24)40(48)41-26-12-8-13-28(21-26)51-23-35(44)42-32-17-9-16-31-36(32)38(46)30-15-7-6-14-29(30)37(31)45/h3-22H,23H2,1-2H3,(H,41,48)(H,42,44)(H,43,47)/b33-20+. The summed E-state index contributed by atoms with van der Waals surface area (Å²) in [7, 11) is 3.02. The summed E-state index contributed by atoms with van der Waals surface area (Å²) < 4.78 is 10.8. The van der Waals surface area contributed by atoms with Crippen LogP contribution in [0.2, 0.25) is 0 Å². The first-order chi connectivity index (χ1) is 24.7. The van der Waals surface area contributed by atoms with Crippen LogP contribution in [-0.2, 0) is 9.59 Å². The van der Waals surface area contributed by atoms with E-state index in [0.717, 1.165) is 0 Å². The molecule has 0 heterocycles. The van der Waals surface area contributed by atoms with E-state index in [1.54, 1.807) is 115 Å². The summed E-state index contributed by atoms with van der Waals surface area (Å²) in [5.41, 5.74) is 2.59. The Kier molecular flexibility index (Phi) is 10.4. The summed E-state index contributed by atoms with van der Waals surface area (Å²) in [5, 5.41) is 8.33.